The zero-order valence-corrected chi connectivity index (χ0v) is 8.93. The third kappa shape index (κ3) is 3.11. The predicted molar refractivity (Wildman–Crippen MR) is 56.3 cm³/mol. The fourth-order valence-electron chi connectivity index (χ4n) is 1.18. The molecule has 4 nitrogen and oxygen atoms in total. The van der Waals surface area contributed by atoms with Crippen molar-refractivity contribution in [3.05, 3.63) is 23.8 Å². The molecule has 0 aliphatic heterocycles. The van der Waals surface area contributed by atoms with Gasteiger partial charge >= 0.3 is 0 Å². The summed E-state index contributed by atoms with van der Waals surface area (Å²) in [5.41, 5.74) is 1.06. The highest BCUT2D eigenvalue weighted by atomic mass is 16.5. The van der Waals surface area contributed by atoms with Gasteiger partial charge in [-0.25, -0.2) is 0 Å². The van der Waals surface area contributed by atoms with Gasteiger partial charge in [-0.1, -0.05) is 6.07 Å². The molecular weight excluding hydrogens is 196 g/mol. The van der Waals surface area contributed by atoms with Crippen LogP contribution in [0.4, 0.5) is 0 Å². The van der Waals surface area contributed by atoms with Crippen molar-refractivity contribution in [1.29, 1.82) is 0 Å². The highest BCUT2D eigenvalue weighted by Gasteiger charge is 2.11. The van der Waals surface area contributed by atoms with E-state index < -0.39 is 6.10 Å². The van der Waals surface area contributed by atoms with Crippen LogP contribution in [0.15, 0.2) is 18.2 Å². The number of aryl methyl sites for hydroxylation is 1. The Balaban J connectivity index is 2.83. The van der Waals surface area contributed by atoms with Crippen LogP contribution < -0.4 is 9.47 Å². The smallest absolute Gasteiger partial charge is 0.161 e. The monoisotopic (exact) mass is 212 g/mol. The van der Waals surface area contributed by atoms with Crippen molar-refractivity contribution in [2.45, 2.75) is 13.0 Å². The van der Waals surface area contributed by atoms with Crippen LogP contribution >= 0.6 is 0 Å². The fraction of sp³-hybridized carbons (Fsp3) is 0.455. The molecule has 0 atom stereocenters. The molecule has 0 bridgehead atoms. The van der Waals surface area contributed by atoms with E-state index in [9.17, 15) is 0 Å². The Kier molecular flexibility index (Phi) is 4.39. The van der Waals surface area contributed by atoms with E-state index in [1.807, 2.05) is 19.1 Å². The summed E-state index contributed by atoms with van der Waals surface area (Å²) < 4.78 is 10.5. The molecule has 0 aliphatic rings. The minimum absolute atomic E-state index is 0.229. The molecule has 15 heavy (non-hydrogen) atoms. The van der Waals surface area contributed by atoms with Crippen molar-refractivity contribution < 1.29 is 19.7 Å². The first-order valence-electron chi connectivity index (χ1n) is 4.74. The topological polar surface area (TPSA) is 58.9 Å². The van der Waals surface area contributed by atoms with E-state index in [1.165, 1.54) is 0 Å². The molecule has 0 saturated heterocycles. The molecule has 0 aliphatic carbocycles. The molecule has 0 heterocycles. The van der Waals surface area contributed by atoms with E-state index in [2.05, 4.69) is 0 Å². The number of methoxy groups -OCH3 is 1. The zero-order valence-electron chi connectivity index (χ0n) is 8.93. The van der Waals surface area contributed by atoms with Crippen LogP contribution in [0.3, 0.4) is 0 Å². The summed E-state index contributed by atoms with van der Waals surface area (Å²) in [6, 6.07) is 5.47. The number of ether oxygens (including phenoxy) is 2. The molecule has 4 heteroatoms. The lowest BCUT2D eigenvalue weighted by molar-refractivity contribution is 0.0609. The molecule has 0 fully saturated rings. The van der Waals surface area contributed by atoms with Crippen LogP contribution in [0, 0.1) is 6.92 Å². The summed E-state index contributed by atoms with van der Waals surface area (Å²) in [4.78, 5) is 0. The van der Waals surface area contributed by atoms with Gasteiger partial charge in [0.15, 0.2) is 11.5 Å². The maximum atomic E-state index is 8.88. The minimum atomic E-state index is -0.610. The summed E-state index contributed by atoms with van der Waals surface area (Å²) in [5, 5.41) is 17.8. The van der Waals surface area contributed by atoms with Crippen LogP contribution in [-0.2, 0) is 0 Å². The van der Waals surface area contributed by atoms with E-state index in [4.69, 9.17) is 19.7 Å². The summed E-state index contributed by atoms with van der Waals surface area (Å²) in [5.74, 6) is 1.12. The molecule has 1 rings (SSSR count). The number of aliphatic hydroxyl groups is 2. The van der Waals surface area contributed by atoms with Crippen molar-refractivity contribution in [3.63, 3.8) is 0 Å². The van der Waals surface area contributed by atoms with Gasteiger partial charge < -0.3 is 19.7 Å². The standard InChI is InChI=1S/C11H16O4/c1-8-3-4-10(11(5-8)14-2)15-9(6-12)7-13/h3-5,9,12-13H,6-7H2,1-2H3. The minimum Gasteiger partial charge on any atom is -0.493 e. The second-order valence-corrected chi connectivity index (χ2v) is 3.26. The van der Waals surface area contributed by atoms with Gasteiger partial charge in [0.05, 0.1) is 20.3 Å². The summed E-state index contributed by atoms with van der Waals surface area (Å²) in [6.45, 7) is 1.49. The highest BCUT2D eigenvalue weighted by molar-refractivity contribution is 5.42. The summed E-state index contributed by atoms with van der Waals surface area (Å²) >= 11 is 0. The first kappa shape index (κ1) is 11.8. The molecule has 2 N–H and O–H groups in total. The number of hydrogen-bond acceptors (Lipinski definition) is 4. The molecular formula is C11H16O4. The SMILES string of the molecule is COc1cc(C)ccc1OC(CO)CO. The van der Waals surface area contributed by atoms with Crippen LogP contribution in [0.1, 0.15) is 5.56 Å². The molecule has 1 aromatic rings. The normalized spacial score (nSPS) is 10.5. The maximum absolute atomic E-state index is 8.88. The second kappa shape index (κ2) is 5.58. The Morgan fingerprint density at radius 2 is 1.87 bits per heavy atom. The third-order valence-electron chi connectivity index (χ3n) is 2.02. The molecule has 0 amide bonds. The number of hydrogen-bond donors (Lipinski definition) is 2. The van der Waals surface area contributed by atoms with E-state index in [0.29, 0.717) is 11.5 Å². The quantitative estimate of drug-likeness (QED) is 0.755. The lowest BCUT2D eigenvalue weighted by atomic mass is 10.2. The summed E-state index contributed by atoms with van der Waals surface area (Å²) in [7, 11) is 1.55. The van der Waals surface area contributed by atoms with Gasteiger partial charge in [0.2, 0.25) is 0 Å². The van der Waals surface area contributed by atoms with Gasteiger partial charge in [-0.05, 0) is 24.6 Å². The van der Waals surface area contributed by atoms with Crippen molar-refractivity contribution in [2.24, 2.45) is 0 Å². The largest absolute Gasteiger partial charge is 0.493 e. The van der Waals surface area contributed by atoms with Crippen LogP contribution in [0.25, 0.3) is 0 Å². The molecule has 1 aromatic carbocycles. The van der Waals surface area contributed by atoms with E-state index in [1.54, 1.807) is 13.2 Å². The number of aliphatic hydroxyl groups excluding tert-OH is 2. The van der Waals surface area contributed by atoms with Crippen LogP contribution in [-0.4, -0.2) is 36.6 Å². The Hall–Kier alpha value is -1.26. The third-order valence-corrected chi connectivity index (χ3v) is 2.02. The van der Waals surface area contributed by atoms with Crippen molar-refractivity contribution in [2.75, 3.05) is 20.3 Å². The first-order chi connectivity index (χ1) is 7.21. The molecule has 0 spiro atoms. The van der Waals surface area contributed by atoms with E-state index >= 15 is 0 Å². The molecule has 0 saturated carbocycles. The number of benzene rings is 1. The van der Waals surface area contributed by atoms with Gasteiger partial charge in [0.1, 0.15) is 6.10 Å². The maximum Gasteiger partial charge on any atom is 0.161 e. The average Bonchev–Trinajstić information content (AvgIpc) is 2.27. The van der Waals surface area contributed by atoms with Crippen LogP contribution in [0.2, 0.25) is 0 Å². The van der Waals surface area contributed by atoms with Gasteiger partial charge in [0.25, 0.3) is 0 Å². The van der Waals surface area contributed by atoms with E-state index in [-0.39, 0.29) is 13.2 Å². The predicted octanol–water partition coefficient (Wildman–Crippen LogP) is 0.736. The average molecular weight is 212 g/mol. The van der Waals surface area contributed by atoms with Gasteiger partial charge in [0, 0.05) is 0 Å². The number of rotatable bonds is 5. The Morgan fingerprint density at radius 3 is 2.40 bits per heavy atom. The second-order valence-electron chi connectivity index (χ2n) is 3.26. The van der Waals surface area contributed by atoms with E-state index in [0.717, 1.165) is 5.56 Å². The summed E-state index contributed by atoms with van der Waals surface area (Å²) in [6.07, 6.45) is -0.610. The van der Waals surface area contributed by atoms with Crippen molar-refractivity contribution >= 4 is 0 Å². The fourth-order valence-corrected chi connectivity index (χ4v) is 1.18. The highest BCUT2D eigenvalue weighted by Crippen LogP contribution is 2.28. The zero-order chi connectivity index (χ0) is 11.3. The van der Waals surface area contributed by atoms with Crippen LogP contribution in [0.5, 0.6) is 11.5 Å². The molecule has 0 aromatic heterocycles. The van der Waals surface area contributed by atoms with Gasteiger partial charge in [-0.3, -0.25) is 0 Å². The van der Waals surface area contributed by atoms with Gasteiger partial charge in [-0.2, -0.15) is 0 Å². The first-order valence-corrected chi connectivity index (χ1v) is 4.74. The lowest BCUT2D eigenvalue weighted by Crippen LogP contribution is -2.25. The van der Waals surface area contributed by atoms with Gasteiger partial charge in [-0.15, -0.1) is 0 Å². The van der Waals surface area contributed by atoms with Crippen molar-refractivity contribution in [1.82, 2.24) is 0 Å². The lowest BCUT2D eigenvalue weighted by Gasteiger charge is -2.16. The molecule has 0 radical (unpaired) electrons. The molecule has 84 valence electrons. The Morgan fingerprint density at radius 1 is 1.20 bits per heavy atom. The Bertz CT molecular complexity index is 307. The van der Waals surface area contributed by atoms with Crippen molar-refractivity contribution in [3.8, 4) is 11.5 Å². The Labute approximate surface area is 89.1 Å². The molecule has 0 unspecified atom stereocenters.